The van der Waals surface area contributed by atoms with Crippen molar-refractivity contribution < 1.29 is 9.09 Å². The third-order valence-corrected chi connectivity index (χ3v) is 4.45. The molecule has 0 bridgehead atoms. The Kier molecular flexibility index (Phi) is 3.86. The zero-order valence-electron chi connectivity index (χ0n) is 6.25. The van der Waals surface area contributed by atoms with Crippen LogP contribution in [0.5, 0.6) is 0 Å². The highest BCUT2D eigenvalue weighted by atomic mass is 32.7. The Morgan fingerprint density at radius 2 is 2.00 bits per heavy atom. The summed E-state index contributed by atoms with van der Waals surface area (Å²) in [4.78, 5) is 0. The van der Waals surface area contributed by atoms with Gasteiger partial charge in [-0.25, -0.2) is 0 Å². The topological polar surface area (TPSA) is 26.3 Å². The molecule has 1 atom stereocenters. The summed E-state index contributed by atoms with van der Waals surface area (Å²) in [7, 11) is 0. The monoisotopic (exact) mass is 168 g/mol. The number of hydrogen-bond donors (Lipinski definition) is 0. The first-order chi connectivity index (χ1) is 3.98. The molecule has 0 aliphatic heterocycles. The van der Waals surface area contributed by atoms with Crippen molar-refractivity contribution in [2.75, 3.05) is 12.9 Å². The van der Waals surface area contributed by atoms with E-state index in [9.17, 15) is 4.57 Å². The first kappa shape index (κ1) is 9.54. The van der Waals surface area contributed by atoms with Crippen LogP contribution in [-0.2, 0) is 9.09 Å². The minimum atomic E-state index is -2.31. The first-order valence-corrected chi connectivity index (χ1v) is 6.70. The number of rotatable bonds is 3. The van der Waals surface area contributed by atoms with Crippen molar-refractivity contribution in [1.29, 1.82) is 0 Å². The van der Waals surface area contributed by atoms with E-state index in [-0.39, 0.29) is 6.10 Å². The summed E-state index contributed by atoms with van der Waals surface area (Å²) in [6, 6.07) is 0. The Morgan fingerprint density at radius 3 is 2.11 bits per heavy atom. The highest BCUT2D eigenvalue weighted by molar-refractivity contribution is 8.56. The standard InChI is InChI=1S/C5H13O2PS/c1-5(2)7-8(3,6)9-4/h5H,1-4H3/t8-/m1/s1. The summed E-state index contributed by atoms with van der Waals surface area (Å²) in [6.45, 7) is 3.09. The zero-order chi connectivity index (χ0) is 7.49. The van der Waals surface area contributed by atoms with Crippen molar-refractivity contribution in [1.82, 2.24) is 0 Å². The lowest BCUT2D eigenvalue weighted by molar-refractivity contribution is 0.255. The quantitative estimate of drug-likeness (QED) is 0.606. The Balaban J connectivity index is 3.73. The van der Waals surface area contributed by atoms with Crippen LogP contribution < -0.4 is 0 Å². The van der Waals surface area contributed by atoms with Gasteiger partial charge < -0.3 is 4.52 Å². The van der Waals surface area contributed by atoms with Crippen LogP contribution in [-0.4, -0.2) is 19.0 Å². The van der Waals surface area contributed by atoms with Crippen molar-refractivity contribution >= 4 is 18.0 Å². The second-order valence-electron chi connectivity index (χ2n) is 2.11. The molecular weight excluding hydrogens is 155 g/mol. The molecule has 0 aromatic rings. The maximum absolute atomic E-state index is 11.1. The van der Waals surface area contributed by atoms with E-state index in [2.05, 4.69) is 0 Å². The van der Waals surface area contributed by atoms with Crippen LogP contribution >= 0.6 is 18.0 Å². The van der Waals surface area contributed by atoms with Gasteiger partial charge in [0.1, 0.15) is 0 Å². The molecule has 0 saturated heterocycles. The Labute approximate surface area is 60.6 Å². The molecule has 0 aliphatic rings. The molecule has 0 heterocycles. The van der Waals surface area contributed by atoms with Gasteiger partial charge in [-0.05, 0) is 20.1 Å². The zero-order valence-corrected chi connectivity index (χ0v) is 7.96. The minimum absolute atomic E-state index is 0.0632. The van der Waals surface area contributed by atoms with Gasteiger partial charge in [0.05, 0.1) is 6.10 Å². The fourth-order valence-electron chi connectivity index (χ4n) is 0.426. The Bertz CT molecular complexity index is 124. The number of hydrogen-bond acceptors (Lipinski definition) is 3. The third-order valence-electron chi connectivity index (χ3n) is 0.734. The molecule has 0 radical (unpaired) electrons. The normalized spacial score (nSPS) is 17.9. The molecule has 4 heteroatoms. The molecule has 0 amide bonds. The lowest BCUT2D eigenvalue weighted by Gasteiger charge is -2.12. The van der Waals surface area contributed by atoms with Crippen molar-refractivity contribution in [3.05, 3.63) is 0 Å². The van der Waals surface area contributed by atoms with Crippen molar-refractivity contribution in [3.63, 3.8) is 0 Å². The van der Waals surface area contributed by atoms with Crippen molar-refractivity contribution in [2.45, 2.75) is 20.0 Å². The van der Waals surface area contributed by atoms with Gasteiger partial charge in [-0.15, -0.1) is 0 Å². The average molecular weight is 168 g/mol. The van der Waals surface area contributed by atoms with Gasteiger partial charge in [0.2, 0.25) is 0 Å². The molecular formula is C5H13O2PS. The van der Waals surface area contributed by atoms with E-state index in [1.807, 2.05) is 13.8 Å². The molecule has 0 spiro atoms. The summed E-state index contributed by atoms with van der Waals surface area (Å²) in [6.07, 6.45) is 1.86. The first-order valence-electron chi connectivity index (χ1n) is 2.79. The van der Waals surface area contributed by atoms with Crippen LogP contribution in [0.1, 0.15) is 13.8 Å². The lowest BCUT2D eigenvalue weighted by Crippen LogP contribution is -1.96. The second kappa shape index (κ2) is 3.65. The van der Waals surface area contributed by atoms with E-state index < -0.39 is 6.57 Å². The van der Waals surface area contributed by atoms with Crippen LogP contribution in [0.3, 0.4) is 0 Å². The summed E-state index contributed by atoms with van der Waals surface area (Å²) < 4.78 is 16.2. The summed E-state index contributed by atoms with van der Waals surface area (Å²) >= 11 is 1.29. The summed E-state index contributed by atoms with van der Waals surface area (Å²) in [5.41, 5.74) is 0. The van der Waals surface area contributed by atoms with Crippen LogP contribution in [0.4, 0.5) is 0 Å². The molecule has 0 saturated carbocycles. The van der Waals surface area contributed by atoms with Gasteiger partial charge in [-0.1, -0.05) is 11.4 Å². The fraction of sp³-hybridized carbons (Fsp3) is 1.00. The minimum Gasteiger partial charge on any atom is -0.319 e. The predicted molar refractivity (Wildman–Crippen MR) is 43.3 cm³/mol. The smallest absolute Gasteiger partial charge is 0.254 e. The molecule has 0 unspecified atom stereocenters. The van der Waals surface area contributed by atoms with E-state index in [0.717, 1.165) is 0 Å². The Morgan fingerprint density at radius 1 is 1.56 bits per heavy atom. The van der Waals surface area contributed by atoms with Gasteiger partial charge in [-0.3, -0.25) is 4.57 Å². The molecule has 0 rings (SSSR count). The van der Waals surface area contributed by atoms with E-state index in [4.69, 9.17) is 4.52 Å². The SMILES string of the molecule is CS[P@](C)(=O)OC(C)C. The summed E-state index contributed by atoms with van der Waals surface area (Å²) in [5, 5.41) is 0. The van der Waals surface area contributed by atoms with Gasteiger partial charge in [-0.2, -0.15) is 0 Å². The molecule has 0 aromatic heterocycles. The maximum Gasteiger partial charge on any atom is 0.254 e. The highest BCUT2D eigenvalue weighted by Gasteiger charge is 2.14. The molecule has 0 aliphatic carbocycles. The van der Waals surface area contributed by atoms with Crippen LogP contribution in [0.25, 0.3) is 0 Å². The van der Waals surface area contributed by atoms with E-state index >= 15 is 0 Å². The fourth-order valence-corrected chi connectivity index (χ4v) is 2.05. The van der Waals surface area contributed by atoms with Crippen LogP contribution in [0.15, 0.2) is 0 Å². The molecule has 9 heavy (non-hydrogen) atoms. The molecule has 0 aromatic carbocycles. The maximum atomic E-state index is 11.1. The van der Waals surface area contributed by atoms with E-state index in [1.165, 1.54) is 11.4 Å². The predicted octanol–water partition coefficient (Wildman–Crippen LogP) is 2.60. The van der Waals surface area contributed by atoms with Gasteiger partial charge in [0, 0.05) is 6.66 Å². The summed E-state index contributed by atoms with van der Waals surface area (Å²) in [5.74, 6) is 0. The van der Waals surface area contributed by atoms with Crippen LogP contribution in [0.2, 0.25) is 0 Å². The van der Waals surface area contributed by atoms with Crippen molar-refractivity contribution in [3.8, 4) is 0 Å². The van der Waals surface area contributed by atoms with Gasteiger partial charge >= 0.3 is 0 Å². The lowest BCUT2D eigenvalue weighted by atomic mass is 10.5. The average Bonchev–Trinajstić information content (AvgIpc) is 1.63. The molecule has 56 valence electrons. The molecule has 2 nitrogen and oxygen atoms in total. The second-order valence-corrected chi connectivity index (χ2v) is 7.31. The molecule has 0 fully saturated rings. The molecule has 0 N–H and O–H groups in total. The Hall–Kier alpha value is 0.540. The van der Waals surface area contributed by atoms with Crippen LogP contribution in [0, 0.1) is 0 Å². The van der Waals surface area contributed by atoms with E-state index in [0.29, 0.717) is 0 Å². The van der Waals surface area contributed by atoms with Crippen molar-refractivity contribution in [2.24, 2.45) is 0 Å². The highest BCUT2D eigenvalue weighted by Crippen LogP contribution is 2.55. The largest absolute Gasteiger partial charge is 0.319 e. The third kappa shape index (κ3) is 5.01. The van der Waals surface area contributed by atoms with Gasteiger partial charge in [0.25, 0.3) is 6.57 Å². The van der Waals surface area contributed by atoms with Gasteiger partial charge in [0.15, 0.2) is 0 Å². The van der Waals surface area contributed by atoms with E-state index in [1.54, 1.807) is 12.9 Å².